The van der Waals surface area contributed by atoms with Crippen LogP contribution in [0.15, 0.2) is 36.8 Å². The topological polar surface area (TPSA) is 59.8 Å². The zero-order chi connectivity index (χ0) is 19.1. The maximum Gasteiger partial charge on any atom is 0.394 e. The molecule has 2 aromatic heterocycles. The third-order valence-corrected chi connectivity index (χ3v) is 6.37. The van der Waals surface area contributed by atoms with Crippen LogP contribution in [0.5, 0.6) is 0 Å². The Hall–Kier alpha value is -2.38. The molecule has 5 nitrogen and oxygen atoms in total. The Morgan fingerprint density at radius 3 is 2.44 bits per heavy atom. The van der Waals surface area contributed by atoms with E-state index in [0.29, 0.717) is 25.8 Å². The van der Waals surface area contributed by atoms with Gasteiger partial charge in [-0.25, -0.2) is 4.68 Å². The second kappa shape index (κ2) is 6.35. The van der Waals surface area contributed by atoms with Gasteiger partial charge in [0.05, 0.1) is 11.1 Å². The van der Waals surface area contributed by atoms with Crippen LogP contribution in [0.2, 0.25) is 0 Å². The van der Waals surface area contributed by atoms with Gasteiger partial charge in [0.25, 0.3) is 5.91 Å². The molecule has 2 bridgehead atoms. The maximum atomic E-state index is 13.4. The van der Waals surface area contributed by atoms with Crippen LogP contribution in [0.3, 0.4) is 0 Å². The van der Waals surface area contributed by atoms with Crippen molar-refractivity contribution < 1.29 is 18.0 Å². The highest BCUT2D eigenvalue weighted by atomic mass is 19.4. The Balaban J connectivity index is 1.40. The van der Waals surface area contributed by atoms with E-state index in [1.54, 1.807) is 41.5 Å². The molecule has 0 aliphatic heterocycles. The molecule has 0 radical (unpaired) electrons. The number of halogens is 3. The molecular formula is C19H21F3N4O. The molecule has 2 heterocycles. The molecule has 8 heteroatoms. The van der Waals surface area contributed by atoms with Gasteiger partial charge >= 0.3 is 6.18 Å². The molecule has 27 heavy (non-hydrogen) atoms. The number of carbonyl (C=O) groups is 1. The largest absolute Gasteiger partial charge is 0.394 e. The molecule has 5 rings (SSSR count). The molecule has 3 fully saturated rings. The van der Waals surface area contributed by atoms with E-state index in [9.17, 15) is 18.0 Å². The van der Waals surface area contributed by atoms with Crippen molar-refractivity contribution in [2.24, 2.45) is 10.8 Å². The monoisotopic (exact) mass is 378 g/mol. The van der Waals surface area contributed by atoms with Crippen molar-refractivity contribution in [1.29, 1.82) is 0 Å². The lowest BCUT2D eigenvalue weighted by Crippen LogP contribution is -2.52. The Kier molecular flexibility index (Phi) is 4.24. The minimum absolute atomic E-state index is 0.166. The van der Waals surface area contributed by atoms with E-state index in [4.69, 9.17) is 0 Å². The number of nitrogens with one attached hydrogen (secondary N) is 1. The number of carbonyl (C=O) groups excluding carboxylic acids is 1. The molecule has 0 unspecified atom stereocenters. The fourth-order valence-corrected chi connectivity index (χ4v) is 4.42. The summed E-state index contributed by atoms with van der Waals surface area (Å²) in [7, 11) is 0. The second-order valence-electron chi connectivity index (χ2n) is 7.81. The molecule has 0 spiro atoms. The summed E-state index contributed by atoms with van der Waals surface area (Å²) in [6.45, 7) is 0.396. The number of alkyl halides is 3. The van der Waals surface area contributed by atoms with Crippen molar-refractivity contribution in [3.05, 3.63) is 42.5 Å². The standard InChI is InChI=1S/C19H21F3N4O/c20-19(21,22)18-6-3-17(4-7-18,5-8-18)13-24-16(27)15-12-14(2-10-23-15)26-11-1-9-25-26/h1-2,9-12H,3-8,13H2,(H,24,27). The van der Waals surface area contributed by atoms with E-state index in [-0.39, 0.29) is 36.3 Å². The summed E-state index contributed by atoms with van der Waals surface area (Å²) in [6, 6.07) is 5.18. The van der Waals surface area contributed by atoms with Crippen LogP contribution in [-0.2, 0) is 0 Å². The highest BCUT2D eigenvalue weighted by Crippen LogP contribution is 2.62. The number of hydrogen-bond acceptors (Lipinski definition) is 3. The predicted octanol–water partition coefficient (Wildman–Crippen LogP) is 3.90. The minimum Gasteiger partial charge on any atom is -0.350 e. The molecule has 0 saturated heterocycles. The van der Waals surface area contributed by atoms with E-state index in [0.717, 1.165) is 5.69 Å². The van der Waals surface area contributed by atoms with Gasteiger partial charge in [0.2, 0.25) is 0 Å². The summed E-state index contributed by atoms with van der Waals surface area (Å²) in [6.07, 6.45) is 2.86. The quantitative estimate of drug-likeness (QED) is 0.878. The van der Waals surface area contributed by atoms with Crippen molar-refractivity contribution >= 4 is 5.91 Å². The molecule has 2 aromatic rings. The highest BCUT2D eigenvalue weighted by molar-refractivity contribution is 5.92. The van der Waals surface area contributed by atoms with Crippen molar-refractivity contribution in [3.63, 3.8) is 0 Å². The molecule has 0 atom stereocenters. The Morgan fingerprint density at radius 1 is 1.15 bits per heavy atom. The lowest BCUT2D eigenvalue weighted by atomic mass is 9.53. The lowest BCUT2D eigenvalue weighted by Gasteiger charge is -2.53. The fraction of sp³-hybridized carbons (Fsp3) is 0.526. The van der Waals surface area contributed by atoms with Gasteiger partial charge in [0, 0.05) is 25.1 Å². The number of amides is 1. The summed E-state index contributed by atoms with van der Waals surface area (Å²) < 4.78 is 41.7. The first-order valence-corrected chi connectivity index (χ1v) is 9.14. The van der Waals surface area contributed by atoms with Crippen LogP contribution in [0.25, 0.3) is 5.69 Å². The number of aromatic nitrogens is 3. The summed E-state index contributed by atoms with van der Waals surface area (Å²) in [5.41, 5.74) is -0.722. The van der Waals surface area contributed by atoms with E-state index in [1.807, 2.05) is 0 Å². The maximum absolute atomic E-state index is 13.4. The molecule has 3 saturated carbocycles. The molecule has 1 amide bonds. The van der Waals surface area contributed by atoms with Gasteiger partial charge in [-0.2, -0.15) is 18.3 Å². The van der Waals surface area contributed by atoms with Gasteiger partial charge < -0.3 is 5.32 Å². The Bertz CT molecular complexity index is 807. The van der Waals surface area contributed by atoms with Crippen LogP contribution in [0, 0.1) is 10.8 Å². The molecule has 3 aliphatic rings. The van der Waals surface area contributed by atoms with Crippen LogP contribution in [0.1, 0.15) is 49.0 Å². The molecular weight excluding hydrogens is 357 g/mol. The first kappa shape index (κ1) is 18.0. The molecule has 1 N–H and O–H groups in total. The second-order valence-corrected chi connectivity index (χ2v) is 7.81. The summed E-state index contributed by atoms with van der Waals surface area (Å²) >= 11 is 0. The first-order valence-electron chi connectivity index (χ1n) is 9.14. The van der Waals surface area contributed by atoms with E-state index in [1.165, 1.54) is 0 Å². The summed E-state index contributed by atoms with van der Waals surface area (Å²) in [4.78, 5) is 16.6. The number of pyridine rings is 1. The van der Waals surface area contributed by atoms with Crippen molar-refractivity contribution in [2.45, 2.75) is 44.7 Å². The summed E-state index contributed by atoms with van der Waals surface area (Å²) in [5.74, 6) is -0.309. The average molecular weight is 378 g/mol. The van der Waals surface area contributed by atoms with Gasteiger partial charge in [-0.1, -0.05) is 0 Å². The van der Waals surface area contributed by atoms with Gasteiger partial charge in [0.1, 0.15) is 5.69 Å². The van der Waals surface area contributed by atoms with E-state index in [2.05, 4.69) is 15.4 Å². The summed E-state index contributed by atoms with van der Waals surface area (Å²) in [5, 5.41) is 7.02. The Labute approximate surface area is 155 Å². The zero-order valence-electron chi connectivity index (χ0n) is 14.8. The minimum atomic E-state index is -4.13. The number of rotatable bonds is 4. The van der Waals surface area contributed by atoms with Crippen LogP contribution in [-0.4, -0.2) is 33.4 Å². The SMILES string of the molecule is O=C(NCC12CCC(C(F)(F)F)(CC1)CC2)c1cc(-n2cccn2)ccn1. The van der Waals surface area contributed by atoms with Gasteiger partial charge in [-0.05, 0) is 62.1 Å². The van der Waals surface area contributed by atoms with Crippen molar-refractivity contribution in [3.8, 4) is 5.69 Å². The smallest absolute Gasteiger partial charge is 0.350 e. The average Bonchev–Trinajstić information content (AvgIpc) is 3.22. The van der Waals surface area contributed by atoms with E-state index >= 15 is 0 Å². The molecule has 0 aromatic carbocycles. The van der Waals surface area contributed by atoms with Crippen molar-refractivity contribution in [2.75, 3.05) is 6.54 Å². The zero-order valence-corrected chi connectivity index (χ0v) is 14.8. The van der Waals surface area contributed by atoms with Gasteiger partial charge in [0.15, 0.2) is 0 Å². The van der Waals surface area contributed by atoms with E-state index < -0.39 is 11.6 Å². The Morgan fingerprint density at radius 2 is 1.85 bits per heavy atom. The third-order valence-electron chi connectivity index (χ3n) is 6.37. The third kappa shape index (κ3) is 3.21. The first-order chi connectivity index (χ1) is 12.8. The van der Waals surface area contributed by atoms with Crippen LogP contribution < -0.4 is 5.32 Å². The molecule has 144 valence electrons. The highest BCUT2D eigenvalue weighted by Gasteiger charge is 2.61. The van der Waals surface area contributed by atoms with Gasteiger partial charge in [-0.3, -0.25) is 9.78 Å². The van der Waals surface area contributed by atoms with Crippen LogP contribution >= 0.6 is 0 Å². The van der Waals surface area contributed by atoms with Crippen LogP contribution in [0.4, 0.5) is 13.2 Å². The van der Waals surface area contributed by atoms with Gasteiger partial charge in [-0.15, -0.1) is 0 Å². The van der Waals surface area contributed by atoms with Crippen molar-refractivity contribution in [1.82, 2.24) is 20.1 Å². The number of hydrogen-bond donors (Lipinski definition) is 1. The fourth-order valence-electron chi connectivity index (χ4n) is 4.42. The normalized spacial score (nSPS) is 27.5. The molecule has 3 aliphatic carbocycles. The predicted molar refractivity (Wildman–Crippen MR) is 92.3 cm³/mol. The lowest BCUT2D eigenvalue weighted by molar-refractivity contribution is -0.259. The number of nitrogens with zero attached hydrogens (tertiary/aromatic N) is 3. The number of fused-ring (bicyclic) bond motifs is 3.